The number of ether oxygens (including phenoxy) is 1. The van der Waals surface area contributed by atoms with Gasteiger partial charge < -0.3 is 15.4 Å². The van der Waals surface area contributed by atoms with Gasteiger partial charge in [0.2, 0.25) is 5.91 Å². The largest absolute Gasteiger partial charge is 0.379 e. The maximum atomic E-state index is 12.6. The number of amides is 2. The second-order valence-electron chi connectivity index (χ2n) is 7.94. The van der Waals surface area contributed by atoms with Gasteiger partial charge in [-0.15, -0.1) is 0 Å². The molecule has 3 aromatic rings. The van der Waals surface area contributed by atoms with Crippen molar-refractivity contribution in [1.82, 2.24) is 20.0 Å². The van der Waals surface area contributed by atoms with E-state index in [1.165, 1.54) is 16.8 Å². The molecular formula is C25H27N5O4. The summed E-state index contributed by atoms with van der Waals surface area (Å²) in [5, 5.41) is 9.92. The molecule has 0 saturated carbocycles. The van der Waals surface area contributed by atoms with Crippen molar-refractivity contribution in [3.63, 3.8) is 0 Å². The SMILES string of the molecule is O=C(CCN1CCOCC1)Nc1cccc(CNC(=O)c2ccc(=O)n(-c3ccccc3)n2)c1. The number of nitrogens with zero attached hydrogens (tertiary/aromatic N) is 3. The minimum absolute atomic E-state index is 0.0555. The minimum Gasteiger partial charge on any atom is -0.379 e. The molecule has 2 heterocycles. The van der Waals surface area contributed by atoms with Gasteiger partial charge >= 0.3 is 0 Å². The zero-order chi connectivity index (χ0) is 23.8. The molecule has 2 aromatic carbocycles. The number of benzene rings is 2. The molecule has 0 bridgehead atoms. The Bertz CT molecular complexity index is 1190. The average molecular weight is 462 g/mol. The van der Waals surface area contributed by atoms with Gasteiger partial charge in [0.15, 0.2) is 0 Å². The number of aromatic nitrogens is 2. The van der Waals surface area contributed by atoms with Crippen LogP contribution in [0.15, 0.2) is 71.5 Å². The van der Waals surface area contributed by atoms with Gasteiger partial charge in [-0.1, -0.05) is 30.3 Å². The van der Waals surface area contributed by atoms with E-state index in [-0.39, 0.29) is 23.7 Å². The number of morpholine rings is 1. The van der Waals surface area contributed by atoms with E-state index in [1.807, 2.05) is 30.3 Å². The topological polar surface area (TPSA) is 106 Å². The zero-order valence-corrected chi connectivity index (χ0v) is 18.8. The molecule has 2 N–H and O–H groups in total. The predicted molar refractivity (Wildman–Crippen MR) is 128 cm³/mol. The maximum absolute atomic E-state index is 12.6. The number of rotatable bonds is 8. The van der Waals surface area contributed by atoms with Crippen LogP contribution in [0.2, 0.25) is 0 Å². The highest BCUT2D eigenvalue weighted by molar-refractivity contribution is 5.92. The Hall–Kier alpha value is -3.82. The van der Waals surface area contributed by atoms with Crippen molar-refractivity contribution >= 4 is 17.5 Å². The first-order valence-corrected chi connectivity index (χ1v) is 11.2. The summed E-state index contributed by atoms with van der Waals surface area (Å²) >= 11 is 0. The lowest BCUT2D eigenvalue weighted by Gasteiger charge is -2.26. The van der Waals surface area contributed by atoms with Gasteiger partial charge in [0.05, 0.1) is 18.9 Å². The highest BCUT2D eigenvalue weighted by atomic mass is 16.5. The molecule has 1 saturated heterocycles. The molecule has 34 heavy (non-hydrogen) atoms. The zero-order valence-electron chi connectivity index (χ0n) is 18.8. The van der Waals surface area contributed by atoms with Gasteiger partial charge in [-0.25, -0.2) is 0 Å². The van der Waals surface area contributed by atoms with Gasteiger partial charge in [-0.3, -0.25) is 19.3 Å². The van der Waals surface area contributed by atoms with Crippen molar-refractivity contribution in [2.24, 2.45) is 0 Å². The number of carbonyl (C=O) groups excluding carboxylic acids is 2. The minimum atomic E-state index is -0.398. The van der Waals surface area contributed by atoms with E-state index in [2.05, 4.69) is 20.6 Å². The van der Waals surface area contributed by atoms with Crippen molar-refractivity contribution in [2.45, 2.75) is 13.0 Å². The van der Waals surface area contributed by atoms with E-state index in [4.69, 9.17) is 4.74 Å². The van der Waals surface area contributed by atoms with E-state index >= 15 is 0 Å². The normalized spacial score (nSPS) is 13.9. The number of nitrogens with one attached hydrogen (secondary N) is 2. The van der Waals surface area contributed by atoms with E-state index in [0.29, 0.717) is 37.6 Å². The third-order valence-electron chi connectivity index (χ3n) is 5.46. The third kappa shape index (κ3) is 6.37. The molecule has 0 spiro atoms. The fourth-order valence-corrected chi connectivity index (χ4v) is 3.63. The first-order chi connectivity index (χ1) is 16.6. The summed E-state index contributed by atoms with van der Waals surface area (Å²) in [6, 6.07) is 19.0. The molecule has 1 aliphatic heterocycles. The standard InChI is InChI=1S/C25H27N5O4/c31-23(11-12-29-13-15-34-16-14-29)27-20-6-4-5-19(17-20)18-26-25(33)22-9-10-24(32)30(28-22)21-7-2-1-3-8-21/h1-10,17H,11-16,18H2,(H,26,33)(H,27,31). The van der Waals surface area contributed by atoms with Crippen LogP contribution in [0.1, 0.15) is 22.5 Å². The quantitative estimate of drug-likeness (QED) is 0.530. The molecule has 1 aliphatic rings. The highest BCUT2D eigenvalue weighted by Crippen LogP contribution is 2.12. The first kappa shape index (κ1) is 23.3. The van der Waals surface area contributed by atoms with E-state index in [1.54, 1.807) is 24.3 Å². The summed E-state index contributed by atoms with van der Waals surface area (Å²) in [7, 11) is 0. The van der Waals surface area contributed by atoms with E-state index in [9.17, 15) is 14.4 Å². The average Bonchev–Trinajstić information content (AvgIpc) is 2.88. The Balaban J connectivity index is 1.32. The lowest BCUT2D eigenvalue weighted by Crippen LogP contribution is -2.38. The first-order valence-electron chi connectivity index (χ1n) is 11.2. The highest BCUT2D eigenvalue weighted by Gasteiger charge is 2.13. The van der Waals surface area contributed by atoms with Crippen molar-refractivity contribution < 1.29 is 14.3 Å². The number of para-hydroxylation sites is 1. The van der Waals surface area contributed by atoms with Crippen molar-refractivity contribution in [3.05, 3.63) is 88.3 Å². The van der Waals surface area contributed by atoms with Crippen LogP contribution in [-0.2, 0) is 16.1 Å². The van der Waals surface area contributed by atoms with Crippen LogP contribution in [0, 0.1) is 0 Å². The van der Waals surface area contributed by atoms with Gasteiger partial charge in [-0.05, 0) is 35.9 Å². The van der Waals surface area contributed by atoms with Crippen molar-refractivity contribution in [1.29, 1.82) is 0 Å². The summed E-state index contributed by atoms with van der Waals surface area (Å²) in [6.45, 7) is 4.06. The van der Waals surface area contributed by atoms with Crippen LogP contribution in [-0.4, -0.2) is 59.3 Å². The van der Waals surface area contributed by atoms with Crippen LogP contribution >= 0.6 is 0 Å². The molecule has 1 aromatic heterocycles. The number of carbonyl (C=O) groups is 2. The lowest BCUT2D eigenvalue weighted by molar-refractivity contribution is -0.116. The molecule has 0 radical (unpaired) electrons. The van der Waals surface area contributed by atoms with Crippen LogP contribution in [0.25, 0.3) is 5.69 Å². The summed E-state index contributed by atoms with van der Waals surface area (Å²) in [5.41, 5.74) is 1.90. The Morgan fingerprint density at radius 2 is 1.76 bits per heavy atom. The Morgan fingerprint density at radius 3 is 2.56 bits per heavy atom. The van der Waals surface area contributed by atoms with Gasteiger partial charge in [0.25, 0.3) is 11.5 Å². The van der Waals surface area contributed by atoms with Crippen LogP contribution in [0.5, 0.6) is 0 Å². The van der Waals surface area contributed by atoms with Gasteiger partial charge in [0.1, 0.15) is 5.69 Å². The van der Waals surface area contributed by atoms with Crippen LogP contribution < -0.4 is 16.2 Å². The Labute approximate surface area is 197 Å². The van der Waals surface area contributed by atoms with Crippen molar-refractivity contribution in [2.75, 3.05) is 38.2 Å². The summed E-state index contributed by atoms with van der Waals surface area (Å²) < 4.78 is 6.52. The summed E-state index contributed by atoms with van der Waals surface area (Å²) in [5.74, 6) is -0.454. The predicted octanol–water partition coefficient (Wildman–Crippen LogP) is 1.82. The Kier molecular flexibility index (Phi) is 7.79. The third-order valence-corrected chi connectivity index (χ3v) is 5.46. The fraction of sp³-hybridized carbons (Fsp3) is 0.280. The van der Waals surface area contributed by atoms with Crippen LogP contribution in [0.3, 0.4) is 0 Å². The Morgan fingerprint density at radius 1 is 0.971 bits per heavy atom. The van der Waals surface area contributed by atoms with Crippen molar-refractivity contribution in [3.8, 4) is 5.69 Å². The molecule has 0 aliphatic carbocycles. The molecule has 176 valence electrons. The fourth-order valence-electron chi connectivity index (χ4n) is 3.63. The summed E-state index contributed by atoms with van der Waals surface area (Å²) in [4.78, 5) is 39.3. The molecule has 2 amide bonds. The van der Waals surface area contributed by atoms with Gasteiger partial charge in [0, 0.05) is 44.4 Å². The lowest BCUT2D eigenvalue weighted by atomic mass is 10.2. The molecule has 4 rings (SSSR count). The van der Waals surface area contributed by atoms with Gasteiger partial charge in [-0.2, -0.15) is 9.78 Å². The van der Waals surface area contributed by atoms with E-state index in [0.717, 1.165) is 18.7 Å². The maximum Gasteiger partial charge on any atom is 0.272 e. The number of anilines is 1. The molecule has 9 heteroatoms. The van der Waals surface area contributed by atoms with E-state index < -0.39 is 5.91 Å². The second-order valence-corrected chi connectivity index (χ2v) is 7.94. The second kappa shape index (κ2) is 11.4. The molecule has 1 fully saturated rings. The summed E-state index contributed by atoms with van der Waals surface area (Å²) in [6.07, 6.45) is 0.407. The monoisotopic (exact) mass is 461 g/mol. The molecular weight excluding hydrogens is 434 g/mol. The molecule has 9 nitrogen and oxygen atoms in total. The van der Waals surface area contributed by atoms with Crippen LogP contribution in [0.4, 0.5) is 5.69 Å². The number of hydrogen-bond acceptors (Lipinski definition) is 6. The number of hydrogen-bond donors (Lipinski definition) is 2. The smallest absolute Gasteiger partial charge is 0.272 e. The molecule has 0 atom stereocenters. The molecule has 0 unspecified atom stereocenters.